The van der Waals surface area contributed by atoms with Gasteiger partial charge in [0.05, 0.1) is 6.54 Å². The number of amides is 3. The van der Waals surface area contributed by atoms with E-state index >= 15 is 0 Å². The van der Waals surface area contributed by atoms with E-state index in [4.69, 9.17) is 0 Å². The lowest BCUT2D eigenvalue weighted by Gasteiger charge is -2.18. The van der Waals surface area contributed by atoms with Gasteiger partial charge in [-0.25, -0.2) is 0 Å². The molecule has 0 atom stereocenters. The summed E-state index contributed by atoms with van der Waals surface area (Å²) in [5, 5.41) is 10.5. The predicted molar refractivity (Wildman–Crippen MR) is 152 cm³/mol. The second-order valence-electron chi connectivity index (χ2n) is 9.68. The van der Waals surface area contributed by atoms with Crippen molar-refractivity contribution in [2.75, 3.05) is 13.1 Å². The third kappa shape index (κ3) is 12.4. The summed E-state index contributed by atoms with van der Waals surface area (Å²) >= 11 is 1.49. The largest absolute Gasteiger partial charge is 0.352 e. The average Bonchev–Trinajstić information content (AvgIpc) is 2.84. The predicted octanol–water partition coefficient (Wildman–Crippen LogP) is 4.49. The van der Waals surface area contributed by atoms with Gasteiger partial charge in [0.1, 0.15) is 0 Å². The van der Waals surface area contributed by atoms with E-state index in [0.717, 1.165) is 21.2 Å². The first-order chi connectivity index (χ1) is 17.5. The molecule has 0 unspecified atom stereocenters. The Bertz CT molecular complexity index is 1170. The summed E-state index contributed by atoms with van der Waals surface area (Å²) in [7, 11) is 0. The average molecular weight is 523 g/mol. The highest BCUT2D eigenvalue weighted by Gasteiger charge is 2.09. The fourth-order valence-electron chi connectivity index (χ4n) is 3.40. The number of rotatable bonds is 9. The fourth-order valence-corrected chi connectivity index (χ4v) is 4.05. The maximum Gasteiger partial charge on any atom is 0.239 e. The summed E-state index contributed by atoms with van der Waals surface area (Å²) < 4.78 is 3.16. The number of hydrogen-bond acceptors (Lipinski definition) is 5. The van der Waals surface area contributed by atoms with Crippen molar-refractivity contribution in [3.8, 4) is 0 Å². The lowest BCUT2D eigenvalue weighted by atomic mass is 10.0. The van der Waals surface area contributed by atoms with Crippen molar-refractivity contribution in [1.82, 2.24) is 20.7 Å². The van der Waals surface area contributed by atoms with Crippen LogP contribution in [0.25, 0.3) is 10.8 Å². The van der Waals surface area contributed by atoms with Crippen LogP contribution in [0.4, 0.5) is 0 Å². The molecule has 0 aliphatic carbocycles. The summed E-state index contributed by atoms with van der Waals surface area (Å²) in [4.78, 5) is 35.4. The Morgan fingerprint density at radius 3 is 2.16 bits per heavy atom. The summed E-state index contributed by atoms with van der Waals surface area (Å²) in [5.74, 6) is -0.326. The van der Waals surface area contributed by atoms with Gasteiger partial charge in [0.25, 0.3) is 0 Å². The molecule has 198 valence electrons. The molecule has 4 N–H and O–H groups in total. The van der Waals surface area contributed by atoms with E-state index in [2.05, 4.69) is 20.7 Å². The van der Waals surface area contributed by atoms with Crippen molar-refractivity contribution in [3.63, 3.8) is 0 Å². The minimum absolute atomic E-state index is 0.0191. The van der Waals surface area contributed by atoms with E-state index < -0.39 is 0 Å². The normalized spacial score (nSPS) is 10.7. The Balaban J connectivity index is 0.000000521. The van der Waals surface area contributed by atoms with Crippen molar-refractivity contribution in [2.45, 2.75) is 58.0 Å². The van der Waals surface area contributed by atoms with Gasteiger partial charge >= 0.3 is 0 Å². The summed E-state index contributed by atoms with van der Waals surface area (Å²) in [6.45, 7) is 10.4. The Labute approximate surface area is 224 Å². The van der Waals surface area contributed by atoms with Crippen molar-refractivity contribution < 1.29 is 14.4 Å². The van der Waals surface area contributed by atoms with E-state index in [-0.39, 0.29) is 29.8 Å². The standard InChI is InChI=1S/C23H25N3O2S.C6H13NO/c1-17-9-11-20(12-10-17)29-26-14-13-22(27)25-16-23(28)24-15-19-7-4-6-18-5-2-3-8-21(18)19;1-5(8)7-6(2,3)4/h2-12,26H,13-16H2,1H3,(H,24,28)(H,25,27);1-4H3,(H,7,8). The molecule has 0 spiro atoms. The minimum atomic E-state index is -0.201. The number of carbonyl (C=O) groups is 3. The van der Waals surface area contributed by atoms with E-state index in [1.54, 1.807) is 0 Å². The molecular weight excluding hydrogens is 484 g/mol. The molecule has 3 aromatic carbocycles. The van der Waals surface area contributed by atoms with Gasteiger partial charge in [-0.3, -0.25) is 19.1 Å². The van der Waals surface area contributed by atoms with Gasteiger partial charge in [-0.2, -0.15) is 0 Å². The quantitative estimate of drug-likeness (QED) is 0.245. The molecule has 3 amide bonds. The highest BCUT2D eigenvalue weighted by atomic mass is 32.2. The molecule has 0 fully saturated rings. The SMILES string of the molecule is CC(=O)NC(C)(C)C.Cc1ccc(SNCCC(=O)NCC(=O)NCc2cccc3ccccc23)cc1. The second kappa shape index (κ2) is 15.0. The second-order valence-corrected chi connectivity index (χ2v) is 10.6. The minimum Gasteiger partial charge on any atom is -0.352 e. The first-order valence-electron chi connectivity index (χ1n) is 12.3. The molecule has 3 rings (SSSR count). The van der Waals surface area contributed by atoms with Crippen LogP contribution >= 0.6 is 11.9 Å². The first-order valence-corrected chi connectivity index (χ1v) is 13.1. The first kappa shape index (κ1) is 29.9. The van der Waals surface area contributed by atoms with Crippen molar-refractivity contribution in [2.24, 2.45) is 0 Å². The van der Waals surface area contributed by atoms with Crippen molar-refractivity contribution >= 4 is 40.4 Å². The Morgan fingerprint density at radius 2 is 1.51 bits per heavy atom. The van der Waals surface area contributed by atoms with Crippen LogP contribution < -0.4 is 20.7 Å². The maximum atomic E-state index is 12.1. The zero-order valence-electron chi connectivity index (χ0n) is 22.3. The smallest absolute Gasteiger partial charge is 0.239 e. The third-order valence-electron chi connectivity index (χ3n) is 5.02. The molecule has 0 saturated carbocycles. The van der Waals surface area contributed by atoms with E-state index in [0.29, 0.717) is 19.5 Å². The monoisotopic (exact) mass is 522 g/mol. The Kier molecular flexibility index (Phi) is 12.1. The molecule has 0 aromatic heterocycles. The van der Waals surface area contributed by atoms with Crippen LogP contribution in [0, 0.1) is 6.92 Å². The summed E-state index contributed by atoms with van der Waals surface area (Å²) in [6, 6.07) is 22.3. The van der Waals surface area contributed by atoms with Crippen LogP contribution in [0.3, 0.4) is 0 Å². The van der Waals surface area contributed by atoms with Gasteiger partial charge in [0, 0.05) is 36.9 Å². The molecule has 0 heterocycles. The topological polar surface area (TPSA) is 99.3 Å². The molecule has 0 bridgehead atoms. The van der Waals surface area contributed by atoms with E-state index in [1.165, 1.54) is 24.4 Å². The van der Waals surface area contributed by atoms with Gasteiger partial charge in [0.2, 0.25) is 17.7 Å². The number of nitrogens with one attached hydrogen (secondary N) is 4. The molecular formula is C29H38N4O3S. The number of fused-ring (bicyclic) bond motifs is 1. The van der Waals surface area contributed by atoms with Gasteiger partial charge in [0.15, 0.2) is 0 Å². The number of carbonyl (C=O) groups excluding carboxylic acids is 3. The number of aryl methyl sites for hydroxylation is 1. The highest BCUT2D eigenvalue weighted by molar-refractivity contribution is 7.97. The van der Waals surface area contributed by atoms with Crippen LogP contribution in [0.2, 0.25) is 0 Å². The summed E-state index contributed by atoms with van der Waals surface area (Å²) in [6.07, 6.45) is 0.315. The molecule has 0 aliphatic rings. The lowest BCUT2D eigenvalue weighted by Crippen LogP contribution is -2.38. The zero-order chi connectivity index (χ0) is 27.3. The van der Waals surface area contributed by atoms with Crippen molar-refractivity contribution in [1.29, 1.82) is 0 Å². The van der Waals surface area contributed by atoms with E-state index in [1.807, 2.05) is 94.4 Å². The molecule has 0 saturated heterocycles. The van der Waals surface area contributed by atoms with Gasteiger partial charge < -0.3 is 16.0 Å². The number of hydrogen-bond donors (Lipinski definition) is 4. The molecule has 7 nitrogen and oxygen atoms in total. The Morgan fingerprint density at radius 1 is 0.838 bits per heavy atom. The zero-order valence-corrected chi connectivity index (χ0v) is 23.1. The van der Waals surface area contributed by atoms with Crippen LogP contribution in [0.15, 0.2) is 71.6 Å². The molecule has 37 heavy (non-hydrogen) atoms. The lowest BCUT2D eigenvalue weighted by molar-refractivity contribution is -0.126. The maximum absolute atomic E-state index is 12.1. The Hall–Kier alpha value is -3.36. The van der Waals surface area contributed by atoms with Crippen LogP contribution in [0.5, 0.6) is 0 Å². The fraction of sp³-hybridized carbons (Fsp3) is 0.345. The molecule has 8 heteroatoms. The molecule has 3 aromatic rings. The molecule has 0 aliphatic heterocycles. The van der Waals surface area contributed by atoms with Gasteiger partial charge in [-0.05, 0) is 68.1 Å². The van der Waals surface area contributed by atoms with Crippen molar-refractivity contribution in [3.05, 3.63) is 77.9 Å². The van der Waals surface area contributed by atoms with Crippen LogP contribution in [-0.4, -0.2) is 36.3 Å². The highest BCUT2D eigenvalue weighted by Crippen LogP contribution is 2.18. The third-order valence-corrected chi connectivity index (χ3v) is 5.87. The van der Waals surface area contributed by atoms with Gasteiger partial charge in [-0.15, -0.1) is 0 Å². The van der Waals surface area contributed by atoms with Crippen LogP contribution in [0.1, 0.15) is 45.2 Å². The summed E-state index contributed by atoms with van der Waals surface area (Å²) in [5.41, 5.74) is 2.19. The van der Waals surface area contributed by atoms with Gasteiger partial charge in [-0.1, -0.05) is 60.2 Å². The van der Waals surface area contributed by atoms with E-state index in [9.17, 15) is 14.4 Å². The number of benzene rings is 3. The van der Waals surface area contributed by atoms with Crippen LogP contribution in [-0.2, 0) is 20.9 Å². The molecule has 0 radical (unpaired) electrons.